The topological polar surface area (TPSA) is 75.9 Å². The van der Waals surface area contributed by atoms with Crippen molar-refractivity contribution in [2.45, 2.75) is 65.8 Å². The van der Waals surface area contributed by atoms with Gasteiger partial charge in [-0.1, -0.05) is 25.9 Å². The zero-order valence-corrected chi connectivity index (χ0v) is 18.5. The van der Waals surface area contributed by atoms with Gasteiger partial charge in [-0.25, -0.2) is 0 Å². The summed E-state index contributed by atoms with van der Waals surface area (Å²) in [7, 11) is 1.65. The Hall–Kier alpha value is -1.89. The first kappa shape index (κ1) is 21.8. The maximum absolute atomic E-state index is 13.5. The Morgan fingerprint density at radius 3 is 2.52 bits per heavy atom. The number of piperidine rings is 1. The largest absolute Gasteiger partial charge is 0.383 e. The van der Waals surface area contributed by atoms with Crippen molar-refractivity contribution in [3.63, 3.8) is 0 Å². The van der Waals surface area contributed by atoms with Gasteiger partial charge in [-0.15, -0.1) is 0 Å². The molecule has 0 saturated carbocycles. The molecule has 3 rings (SSSR count). The molecule has 7 nitrogen and oxygen atoms in total. The van der Waals surface area contributed by atoms with Gasteiger partial charge in [0.05, 0.1) is 6.61 Å². The maximum atomic E-state index is 13.5. The molecule has 162 valence electrons. The van der Waals surface area contributed by atoms with Crippen LogP contribution in [0.2, 0.25) is 0 Å². The summed E-state index contributed by atoms with van der Waals surface area (Å²) in [5.41, 5.74) is 1.65. The number of nitrogens with zero attached hydrogens (tertiary/aromatic N) is 3. The van der Waals surface area contributed by atoms with Crippen LogP contribution >= 0.6 is 0 Å². The second-order valence-corrected chi connectivity index (χ2v) is 9.47. The van der Waals surface area contributed by atoms with Crippen molar-refractivity contribution in [1.82, 2.24) is 15.0 Å². The van der Waals surface area contributed by atoms with Crippen LogP contribution in [0.3, 0.4) is 0 Å². The molecule has 1 aromatic heterocycles. The molecule has 0 N–H and O–H groups in total. The maximum Gasteiger partial charge on any atom is 0.276 e. The number of methoxy groups -OCH3 is 1. The molecule has 1 aliphatic heterocycles. The van der Waals surface area contributed by atoms with Crippen molar-refractivity contribution in [3.8, 4) is 0 Å². The Morgan fingerprint density at radius 1 is 1.24 bits per heavy atom. The SMILES string of the molecule is COCCN(C(=O)c1noc2c1C[C@@H](C(C)(C)C)CC2)C1CCN(C(C)=O)CC1. The van der Waals surface area contributed by atoms with E-state index in [1.165, 1.54) is 0 Å². The van der Waals surface area contributed by atoms with Gasteiger partial charge in [0.25, 0.3) is 5.91 Å². The Bertz CT molecular complexity index is 729. The van der Waals surface area contributed by atoms with Crippen molar-refractivity contribution >= 4 is 11.8 Å². The lowest BCUT2D eigenvalue weighted by Crippen LogP contribution is -2.49. The number of amides is 2. The van der Waals surface area contributed by atoms with Crippen LogP contribution in [0.5, 0.6) is 0 Å². The summed E-state index contributed by atoms with van der Waals surface area (Å²) in [5, 5.41) is 4.21. The highest BCUT2D eigenvalue weighted by molar-refractivity contribution is 5.94. The number of ether oxygens (including phenoxy) is 1. The zero-order valence-electron chi connectivity index (χ0n) is 18.5. The van der Waals surface area contributed by atoms with Crippen molar-refractivity contribution in [1.29, 1.82) is 0 Å². The average molecular weight is 406 g/mol. The smallest absolute Gasteiger partial charge is 0.276 e. The molecular formula is C22H35N3O4. The molecule has 1 atom stereocenters. The van der Waals surface area contributed by atoms with Gasteiger partial charge in [0.1, 0.15) is 5.76 Å². The van der Waals surface area contributed by atoms with E-state index in [9.17, 15) is 9.59 Å². The lowest BCUT2D eigenvalue weighted by Gasteiger charge is -2.38. The van der Waals surface area contributed by atoms with Crippen LogP contribution in [0.15, 0.2) is 4.52 Å². The van der Waals surface area contributed by atoms with E-state index in [0.717, 1.165) is 43.4 Å². The van der Waals surface area contributed by atoms with Crippen molar-refractivity contribution in [2.75, 3.05) is 33.4 Å². The standard InChI is InChI=1S/C22H35N3O4/c1-15(26)24-10-8-17(9-11-24)25(12-13-28-5)21(27)20-18-14-16(22(2,3)4)6-7-19(18)29-23-20/h16-17H,6-14H2,1-5H3/t16-/m0/s1. The average Bonchev–Trinajstić information content (AvgIpc) is 3.11. The van der Waals surface area contributed by atoms with Gasteiger partial charge in [-0.05, 0) is 37.0 Å². The van der Waals surface area contributed by atoms with Crippen LogP contribution < -0.4 is 0 Å². The minimum Gasteiger partial charge on any atom is -0.383 e. The minimum atomic E-state index is -0.0668. The van der Waals surface area contributed by atoms with E-state index in [1.807, 2.05) is 9.80 Å². The van der Waals surface area contributed by atoms with E-state index in [2.05, 4.69) is 25.9 Å². The van der Waals surface area contributed by atoms with Crippen molar-refractivity contribution < 1.29 is 18.8 Å². The molecule has 2 heterocycles. The number of carbonyl (C=O) groups is 2. The molecule has 1 aliphatic carbocycles. The molecule has 1 saturated heterocycles. The third-order valence-electron chi connectivity index (χ3n) is 6.62. The van der Waals surface area contributed by atoms with Crippen molar-refractivity contribution in [2.24, 2.45) is 11.3 Å². The summed E-state index contributed by atoms with van der Waals surface area (Å²) < 4.78 is 10.8. The van der Waals surface area contributed by atoms with Crippen LogP contribution in [-0.4, -0.2) is 66.2 Å². The molecule has 29 heavy (non-hydrogen) atoms. The number of hydrogen-bond acceptors (Lipinski definition) is 5. The van der Waals surface area contributed by atoms with E-state index in [-0.39, 0.29) is 23.3 Å². The number of fused-ring (bicyclic) bond motifs is 1. The second-order valence-electron chi connectivity index (χ2n) is 9.47. The van der Waals surface area contributed by atoms with Crippen LogP contribution in [0.25, 0.3) is 0 Å². The van der Waals surface area contributed by atoms with Gasteiger partial charge in [-0.3, -0.25) is 9.59 Å². The fourth-order valence-corrected chi connectivity index (χ4v) is 4.58. The van der Waals surface area contributed by atoms with Gasteiger partial charge in [0.2, 0.25) is 5.91 Å². The van der Waals surface area contributed by atoms with Crippen molar-refractivity contribution in [3.05, 3.63) is 17.0 Å². The van der Waals surface area contributed by atoms with Crippen LogP contribution in [0.1, 0.15) is 68.8 Å². The Balaban J connectivity index is 1.79. The molecule has 0 unspecified atom stereocenters. The summed E-state index contributed by atoms with van der Waals surface area (Å²) in [6.07, 6.45) is 4.30. The van der Waals surface area contributed by atoms with E-state index >= 15 is 0 Å². The van der Waals surface area contributed by atoms with Gasteiger partial charge < -0.3 is 19.1 Å². The Kier molecular flexibility index (Phi) is 6.66. The minimum absolute atomic E-state index is 0.0668. The van der Waals surface area contributed by atoms with E-state index in [4.69, 9.17) is 9.26 Å². The molecule has 2 aliphatic rings. The lowest BCUT2D eigenvalue weighted by molar-refractivity contribution is -0.130. The van der Waals surface area contributed by atoms with Crippen LogP contribution in [-0.2, 0) is 22.4 Å². The highest BCUT2D eigenvalue weighted by Crippen LogP contribution is 2.38. The third-order valence-corrected chi connectivity index (χ3v) is 6.62. The van der Waals surface area contributed by atoms with E-state index in [1.54, 1.807) is 14.0 Å². The normalized spacial score (nSPS) is 20.4. The molecular weight excluding hydrogens is 370 g/mol. The highest BCUT2D eigenvalue weighted by Gasteiger charge is 2.37. The van der Waals surface area contributed by atoms with Crippen LogP contribution in [0, 0.1) is 11.3 Å². The first-order chi connectivity index (χ1) is 13.7. The lowest BCUT2D eigenvalue weighted by atomic mass is 9.71. The number of carbonyl (C=O) groups excluding carboxylic acids is 2. The molecule has 0 aromatic carbocycles. The predicted molar refractivity (Wildman–Crippen MR) is 110 cm³/mol. The fourth-order valence-electron chi connectivity index (χ4n) is 4.58. The first-order valence-corrected chi connectivity index (χ1v) is 10.7. The molecule has 0 spiro atoms. The first-order valence-electron chi connectivity index (χ1n) is 10.7. The molecule has 1 fully saturated rings. The number of hydrogen-bond donors (Lipinski definition) is 0. The van der Waals surface area contributed by atoms with Gasteiger partial charge in [-0.2, -0.15) is 0 Å². The Labute approximate surface area is 173 Å². The molecule has 1 aromatic rings. The fraction of sp³-hybridized carbons (Fsp3) is 0.773. The molecule has 0 bridgehead atoms. The monoisotopic (exact) mass is 405 g/mol. The summed E-state index contributed by atoms with van der Waals surface area (Å²) in [6.45, 7) is 10.7. The Morgan fingerprint density at radius 2 is 1.93 bits per heavy atom. The number of rotatable bonds is 5. The van der Waals surface area contributed by atoms with Gasteiger partial charge in [0.15, 0.2) is 5.69 Å². The summed E-state index contributed by atoms with van der Waals surface area (Å²) >= 11 is 0. The molecule has 0 radical (unpaired) electrons. The number of aromatic nitrogens is 1. The zero-order chi connectivity index (χ0) is 21.2. The van der Waals surface area contributed by atoms with E-state index < -0.39 is 0 Å². The van der Waals surface area contributed by atoms with Gasteiger partial charge >= 0.3 is 0 Å². The predicted octanol–water partition coefficient (Wildman–Crippen LogP) is 2.93. The summed E-state index contributed by atoms with van der Waals surface area (Å²) in [5.74, 6) is 1.40. The van der Waals surface area contributed by atoms with E-state index in [0.29, 0.717) is 37.9 Å². The second kappa shape index (κ2) is 8.86. The summed E-state index contributed by atoms with van der Waals surface area (Å²) in [6, 6.07) is 0.0857. The highest BCUT2D eigenvalue weighted by atomic mass is 16.5. The summed E-state index contributed by atoms with van der Waals surface area (Å²) in [4.78, 5) is 28.9. The number of aryl methyl sites for hydroxylation is 1. The van der Waals surface area contributed by atoms with Gasteiger partial charge in [0, 0.05) is 51.7 Å². The quantitative estimate of drug-likeness (QED) is 0.753. The number of likely N-dealkylation sites (tertiary alicyclic amines) is 1. The third kappa shape index (κ3) is 4.82. The molecule has 2 amide bonds. The van der Waals surface area contributed by atoms with Crippen LogP contribution in [0.4, 0.5) is 0 Å². The molecule has 7 heteroatoms.